The number of benzene rings is 1. The molecule has 1 heterocycles. The van der Waals surface area contributed by atoms with Gasteiger partial charge >= 0.3 is 5.97 Å². The summed E-state index contributed by atoms with van der Waals surface area (Å²) in [6, 6.07) is 6.11. The third-order valence-electron chi connectivity index (χ3n) is 3.51. The van der Waals surface area contributed by atoms with Gasteiger partial charge in [0.25, 0.3) is 0 Å². The second-order valence-electron chi connectivity index (χ2n) is 5.10. The van der Waals surface area contributed by atoms with Crippen molar-refractivity contribution in [3.8, 4) is 0 Å². The summed E-state index contributed by atoms with van der Waals surface area (Å²) in [6.07, 6.45) is 1.31. The number of ketones is 1. The van der Waals surface area contributed by atoms with Crippen molar-refractivity contribution in [2.45, 2.75) is 19.4 Å². The lowest BCUT2D eigenvalue weighted by atomic mass is 9.91. The molecule has 5 N–H and O–H groups in total. The number of H-pyrrole nitrogens is 1. The van der Waals surface area contributed by atoms with Crippen LogP contribution < -0.4 is 11.1 Å². The second-order valence-corrected chi connectivity index (χ2v) is 5.10. The van der Waals surface area contributed by atoms with Crippen LogP contribution in [-0.4, -0.2) is 33.8 Å². The average Bonchev–Trinajstić information content (AvgIpc) is 2.85. The molecule has 2 rings (SSSR count). The van der Waals surface area contributed by atoms with Crippen LogP contribution in [0.15, 0.2) is 30.5 Å². The van der Waals surface area contributed by atoms with Crippen LogP contribution in [0.2, 0.25) is 0 Å². The molecule has 7 heteroatoms. The summed E-state index contributed by atoms with van der Waals surface area (Å²) >= 11 is 0. The lowest BCUT2D eigenvalue weighted by Crippen LogP contribution is -2.42. The van der Waals surface area contributed by atoms with Crippen LogP contribution in [0.4, 0.5) is 5.69 Å². The summed E-state index contributed by atoms with van der Waals surface area (Å²) in [7, 11) is 0. The van der Waals surface area contributed by atoms with Crippen molar-refractivity contribution in [1.82, 2.24) is 4.98 Å². The molecule has 1 aromatic heterocycles. The van der Waals surface area contributed by atoms with E-state index in [1.165, 1.54) is 6.92 Å². The molecule has 0 aliphatic heterocycles. The van der Waals surface area contributed by atoms with E-state index in [1.807, 2.05) is 24.3 Å². The summed E-state index contributed by atoms with van der Waals surface area (Å²) < 4.78 is 0. The number of nitrogens with two attached hydrogens (primary N) is 1. The van der Waals surface area contributed by atoms with Crippen LogP contribution in [0.3, 0.4) is 0 Å². The minimum Gasteiger partial charge on any atom is -0.480 e. The number of carbonyl (C=O) groups excluding carboxylic acids is 2. The number of aromatic nitrogens is 1. The maximum Gasteiger partial charge on any atom is 0.326 e. The number of rotatable bonds is 7. The molecule has 0 fully saturated rings. The summed E-state index contributed by atoms with van der Waals surface area (Å²) in [4.78, 5) is 37.3. The largest absolute Gasteiger partial charge is 0.480 e. The molecule has 116 valence electrons. The standard InChI is InChI=1S/C15H17N3O4/c1-8(19)10(6-13(16)20)14(15(21)22)18-12-7-17-11-5-3-2-4-9(11)12/h2-5,7,10,14,17-18H,6H2,1H3,(H2,16,20)(H,21,22)/t10?,14-/m0/s1. The van der Waals surface area contributed by atoms with Crippen LogP contribution in [0.25, 0.3) is 10.9 Å². The lowest BCUT2D eigenvalue weighted by molar-refractivity contribution is -0.142. The molecule has 0 radical (unpaired) electrons. The fraction of sp³-hybridized carbons (Fsp3) is 0.267. The topological polar surface area (TPSA) is 125 Å². The first kappa shape index (κ1) is 15.6. The summed E-state index contributed by atoms with van der Waals surface area (Å²) in [5.41, 5.74) is 6.51. The van der Waals surface area contributed by atoms with Gasteiger partial charge in [-0.25, -0.2) is 4.79 Å². The molecule has 0 spiro atoms. The maximum absolute atomic E-state index is 11.7. The van der Waals surface area contributed by atoms with Gasteiger partial charge in [0.1, 0.15) is 11.8 Å². The molecule has 2 atom stereocenters. The first-order valence-corrected chi connectivity index (χ1v) is 6.74. The van der Waals surface area contributed by atoms with E-state index >= 15 is 0 Å². The van der Waals surface area contributed by atoms with Gasteiger partial charge in [-0.3, -0.25) is 9.59 Å². The Morgan fingerprint density at radius 3 is 2.59 bits per heavy atom. The maximum atomic E-state index is 11.7. The van der Waals surface area contributed by atoms with E-state index in [-0.39, 0.29) is 6.42 Å². The van der Waals surface area contributed by atoms with Gasteiger partial charge in [0.05, 0.1) is 11.6 Å². The van der Waals surface area contributed by atoms with Gasteiger partial charge in [0.15, 0.2) is 0 Å². The Kier molecular flexibility index (Phi) is 4.45. The monoisotopic (exact) mass is 303 g/mol. The number of carboxylic acid groups (broad SMARTS) is 1. The van der Waals surface area contributed by atoms with Crippen LogP contribution in [-0.2, 0) is 14.4 Å². The molecular formula is C15H17N3O4. The molecule has 22 heavy (non-hydrogen) atoms. The third-order valence-corrected chi connectivity index (χ3v) is 3.51. The number of Topliss-reactive ketones (excluding diaryl/α,β-unsaturated/α-hetero) is 1. The molecule has 1 amide bonds. The predicted molar refractivity (Wildman–Crippen MR) is 81.3 cm³/mol. The van der Waals surface area contributed by atoms with E-state index in [0.29, 0.717) is 5.69 Å². The number of carbonyl (C=O) groups is 3. The van der Waals surface area contributed by atoms with Gasteiger partial charge in [-0.05, 0) is 13.0 Å². The molecule has 0 bridgehead atoms. The van der Waals surface area contributed by atoms with Crippen molar-refractivity contribution in [2.24, 2.45) is 11.7 Å². The predicted octanol–water partition coefficient (Wildman–Crippen LogP) is 1.11. The van der Waals surface area contributed by atoms with Gasteiger partial charge in [-0.15, -0.1) is 0 Å². The number of para-hydroxylation sites is 1. The zero-order chi connectivity index (χ0) is 16.3. The lowest BCUT2D eigenvalue weighted by Gasteiger charge is -2.22. The van der Waals surface area contributed by atoms with E-state index in [2.05, 4.69) is 10.3 Å². The molecule has 0 aliphatic rings. The number of primary amides is 1. The minimum atomic E-state index is -1.23. The number of amides is 1. The highest BCUT2D eigenvalue weighted by molar-refractivity contribution is 5.96. The summed E-state index contributed by atoms with van der Waals surface area (Å²) in [5.74, 6) is -3.36. The van der Waals surface area contributed by atoms with Crippen LogP contribution in [0.5, 0.6) is 0 Å². The number of aromatic amines is 1. The van der Waals surface area contributed by atoms with E-state index in [1.54, 1.807) is 6.20 Å². The number of hydrogen-bond acceptors (Lipinski definition) is 4. The van der Waals surface area contributed by atoms with Crippen molar-refractivity contribution in [1.29, 1.82) is 0 Å². The highest BCUT2D eigenvalue weighted by atomic mass is 16.4. The number of aliphatic carboxylic acids is 1. The van der Waals surface area contributed by atoms with Crippen molar-refractivity contribution in [3.63, 3.8) is 0 Å². The van der Waals surface area contributed by atoms with Gasteiger partial charge in [0.2, 0.25) is 5.91 Å². The Morgan fingerprint density at radius 1 is 1.32 bits per heavy atom. The van der Waals surface area contributed by atoms with Crippen LogP contribution >= 0.6 is 0 Å². The highest BCUT2D eigenvalue weighted by Crippen LogP contribution is 2.25. The molecule has 0 saturated heterocycles. The first-order valence-electron chi connectivity index (χ1n) is 6.74. The Balaban J connectivity index is 2.33. The molecule has 0 saturated carbocycles. The number of fused-ring (bicyclic) bond motifs is 1. The Labute approximate surface area is 126 Å². The van der Waals surface area contributed by atoms with Gasteiger partial charge < -0.3 is 21.1 Å². The SMILES string of the molecule is CC(=O)C(CC(N)=O)[C@H](Nc1c[nH]c2ccccc12)C(=O)O. The van der Waals surface area contributed by atoms with Crippen molar-refractivity contribution < 1.29 is 19.5 Å². The number of anilines is 1. The normalized spacial score (nSPS) is 13.5. The third kappa shape index (κ3) is 3.25. The Bertz CT molecular complexity index is 722. The van der Waals surface area contributed by atoms with E-state index in [0.717, 1.165) is 10.9 Å². The van der Waals surface area contributed by atoms with Crippen LogP contribution in [0, 0.1) is 5.92 Å². The Hall–Kier alpha value is -2.83. The molecule has 1 aromatic carbocycles. The van der Waals surface area contributed by atoms with E-state index < -0.39 is 29.6 Å². The number of nitrogens with one attached hydrogen (secondary N) is 2. The second kappa shape index (κ2) is 6.30. The van der Waals surface area contributed by atoms with Crippen molar-refractivity contribution in [3.05, 3.63) is 30.5 Å². The molecule has 7 nitrogen and oxygen atoms in total. The Morgan fingerprint density at radius 2 is 2.00 bits per heavy atom. The van der Waals surface area contributed by atoms with E-state index in [4.69, 9.17) is 5.73 Å². The van der Waals surface area contributed by atoms with Crippen LogP contribution in [0.1, 0.15) is 13.3 Å². The zero-order valence-corrected chi connectivity index (χ0v) is 12.0. The smallest absolute Gasteiger partial charge is 0.326 e. The van der Waals surface area contributed by atoms with Crippen molar-refractivity contribution >= 4 is 34.3 Å². The highest BCUT2D eigenvalue weighted by Gasteiger charge is 2.33. The molecule has 0 aliphatic carbocycles. The average molecular weight is 303 g/mol. The number of carboxylic acids is 1. The molecule has 2 aromatic rings. The fourth-order valence-electron chi connectivity index (χ4n) is 2.41. The van der Waals surface area contributed by atoms with Gasteiger partial charge in [-0.2, -0.15) is 0 Å². The minimum absolute atomic E-state index is 0.318. The molecule has 1 unspecified atom stereocenters. The van der Waals surface area contributed by atoms with Gasteiger partial charge in [0, 0.05) is 23.5 Å². The quantitative estimate of drug-likeness (QED) is 0.609. The number of hydrogen-bond donors (Lipinski definition) is 4. The van der Waals surface area contributed by atoms with Gasteiger partial charge in [-0.1, -0.05) is 18.2 Å². The molecular weight excluding hydrogens is 286 g/mol. The fourth-order valence-corrected chi connectivity index (χ4v) is 2.41. The summed E-state index contributed by atoms with van der Waals surface area (Å²) in [5, 5.41) is 13.0. The summed E-state index contributed by atoms with van der Waals surface area (Å²) in [6.45, 7) is 1.25. The first-order chi connectivity index (χ1) is 10.4. The zero-order valence-electron chi connectivity index (χ0n) is 12.0. The van der Waals surface area contributed by atoms with Crippen molar-refractivity contribution in [2.75, 3.05) is 5.32 Å². The van der Waals surface area contributed by atoms with E-state index in [9.17, 15) is 19.5 Å².